The maximum Gasteiger partial charge on any atom is 0.310 e. The van der Waals surface area contributed by atoms with Gasteiger partial charge in [-0.3, -0.25) is 9.69 Å². The monoisotopic (exact) mass is 291 g/mol. The molecule has 2 rings (SSSR count). The van der Waals surface area contributed by atoms with Gasteiger partial charge in [0.25, 0.3) is 0 Å². The molecule has 1 aromatic carbocycles. The van der Waals surface area contributed by atoms with Gasteiger partial charge < -0.3 is 9.84 Å². The van der Waals surface area contributed by atoms with Crippen molar-refractivity contribution < 1.29 is 14.6 Å². The normalized spacial score (nSPS) is 16.1. The number of carboxylic acid groups (broad SMARTS) is 1. The van der Waals surface area contributed by atoms with Crippen LogP contribution in [0.15, 0.2) is 24.3 Å². The fourth-order valence-electron chi connectivity index (χ4n) is 2.20. The molecule has 1 aliphatic rings. The van der Waals surface area contributed by atoms with Crippen LogP contribution < -0.4 is 0 Å². The van der Waals surface area contributed by atoms with E-state index >= 15 is 0 Å². The summed E-state index contributed by atoms with van der Waals surface area (Å²) in [4.78, 5) is 13.2. The molecule has 116 valence electrons. The highest BCUT2D eigenvalue weighted by Gasteiger charge is 2.21. The van der Waals surface area contributed by atoms with E-state index in [1.165, 1.54) is 18.4 Å². The molecule has 0 saturated heterocycles. The summed E-state index contributed by atoms with van der Waals surface area (Å²) in [7, 11) is 2.08. The van der Waals surface area contributed by atoms with Crippen LogP contribution in [0.1, 0.15) is 36.8 Å². The summed E-state index contributed by atoms with van der Waals surface area (Å²) in [6, 6.07) is 7.84. The highest BCUT2D eigenvalue weighted by Crippen LogP contribution is 2.28. The van der Waals surface area contributed by atoms with Crippen LogP contribution in [0, 0.1) is 5.92 Å². The zero-order valence-electron chi connectivity index (χ0n) is 12.9. The highest BCUT2D eigenvalue weighted by molar-refractivity contribution is 5.75. The Morgan fingerprint density at radius 1 is 1.38 bits per heavy atom. The molecule has 4 nitrogen and oxygen atoms in total. The second kappa shape index (κ2) is 7.57. The van der Waals surface area contributed by atoms with E-state index in [0.29, 0.717) is 0 Å². The highest BCUT2D eigenvalue weighted by atomic mass is 16.5. The van der Waals surface area contributed by atoms with Crippen LogP contribution in [-0.4, -0.2) is 42.8 Å². The van der Waals surface area contributed by atoms with Gasteiger partial charge >= 0.3 is 5.97 Å². The Kier molecular flexibility index (Phi) is 5.76. The second-order valence-electron chi connectivity index (χ2n) is 6.06. The van der Waals surface area contributed by atoms with Gasteiger partial charge in [-0.05, 0) is 43.9 Å². The largest absolute Gasteiger partial charge is 0.481 e. The number of aliphatic carboxylic acids is 1. The standard InChI is InChI=1S/C17H25NO3/c1-13(17(19)20)16-7-5-14(6-8-16)11-18(2)9-10-21-12-15-3-4-15/h5-8,13,15H,3-4,9-12H2,1-2H3,(H,19,20). The molecule has 0 bridgehead atoms. The predicted molar refractivity (Wildman–Crippen MR) is 82.4 cm³/mol. The summed E-state index contributed by atoms with van der Waals surface area (Å²) in [5.74, 6) is -0.417. The average molecular weight is 291 g/mol. The van der Waals surface area contributed by atoms with E-state index in [-0.39, 0.29) is 0 Å². The quantitative estimate of drug-likeness (QED) is 0.711. The van der Waals surface area contributed by atoms with Gasteiger partial charge in [-0.2, -0.15) is 0 Å². The topological polar surface area (TPSA) is 49.8 Å². The zero-order chi connectivity index (χ0) is 15.2. The first kappa shape index (κ1) is 16.0. The Bertz CT molecular complexity index is 454. The molecular weight excluding hydrogens is 266 g/mol. The minimum Gasteiger partial charge on any atom is -0.481 e. The van der Waals surface area contributed by atoms with Gasteiger partial charge in [0.05, 0.1) is 12.5 Å². The van der Waals surface area contributed by atoms with Crippen molar-refractivity contribution >= 4 is 5.97 Å². The van der Waals surface area contributed by atoms with E-state index in [1.54, 1.807) is 6.92 Å². The number of ether oxygens (including phenoxy) is 1. The first-order chi connectivity index (χ1) is 10.1. The number of likely N-dealkylation sites (N-methyl/N-ethyl adjacent to an activating group) is 1. The third-order valence-corrected chi connectivity index (χ3v) is 3.97. The molecule has 1 unspecified atom stereocenters. The maximum absolute atomic E-state index is 10.9. The van der Waals surface area contributed by atoms with E-state index in [4.69, 9.17) is 9.84 Å². The predicted octanol–water partition coefficient (Wildman–Crippen LogP) is 2.73. The lowest BCUT2D eigenvalue weighted by atomic mass is 10.00. The summed E-state index contributed by atoms with van der Waals surface area (Å²) < 4.78 is 5.64. The molecule has 1 fully saturated rings. The third-order valence-electron chi connectivity index (χ3n) is 3.97. The van der Waals surface area contributed by atoms with Gasteiger partial charge in [0, 0.05) is 19.7 Å². The van der Waals surface area contributed by atoms with Crippen LogP contribution in [0.3, 0.4) is 0 Å². The van der Waals surface area contributed by atoms with Crippen molar-refractivity contribution in [2.75, 3.05) is 26.8 Å². The minimum atomic E-state index is -0.785. The van der Waals surface area contributed by atoms with E-state index in [0.717, 1.165) is 37.8 Å². The number of carboxylic acids is 1. The van der Waals surface area contributed by atoms with E-state index < -0.39 is 11.9 Å². The lowest BCUT2D eigenvalue weighted by Crippen LogP contribution is -2.23. The van der Waals surface area contributed by atoms with Crippen molar-refractivity contribution in [1.82, 2.24) is 4.90 Å². The number of hydrogen-bond acceptors (Lipinski definition) is 3. The van der Waals surface area contributed by atoms with Gasteiger partial charge in [-0.15, -0.1) is 0 Å². The van der Waals surface area contributed by atoms with Gasteiger partial charge in [-0.25, -0.2) is 0 Å². The van der Waals surface area contributed by atoms with Crippen LogP contribution in [0.4, 0.5) is 0 Å². The third kappa shape index (κ3) is 5.48. The van der Waals surface area contributed by atoms with Gasteiger partial charge in [0.1, 0.15) is 0 Å². The molecule has 21 heavy (non-hydrogen) atoms. The molecule has 4 heteroatoms. The second-order valence-corrected chi connectivity index (χ2v) is 6.06. The molecule has 0 spiro atoms. The molecule has 0 aromatic heterocycles. The SMILES string of the molecule is CC(C(=O)O)c1ccc(CN(C)CCOCC2CC2)cc1. The van der Waals surface area contributed by atoms with Crippen LogP contribution in [0.25, 0.3) is 0 Å². The lowest BCUT2D eigenvalue weighted by molar-refractivity contribution is -0.138. The number of nitrogens with zero attached hydrogens (tertiary/aromatic N) is 1. The number of rotatable bonds is 9. The van der Waals surface area contributed by atoms with Crippen LogP contribution >= 0.6 is 0 Å². The van der Waals surface area contributed by atoms with Crippen LogP contribution in [0.5, 0.6) is 0 Å². The van der Waals surface area contributed by atoms with E-state index in [1.807, 2.05) is 24.3 Å². The average Bonchev–Trinajstić information content (AvgIpc) is 3.28. The van der Waals surface area contributed by atoms with E-state index in [9.17, 15) is 4.79 Å². The van der Waals surface area contributed by atoms with Crippen molar-refractivity contribution in [3.05, 3.63) is 35.4 Å². The summed E-state index contributed by atoms with van der Waals surface area (Å²) in [5, 5.41) is 8.99. The van der Waals surface area contributed by atoms with Gasteiger partial charge in [0.2, 0.25) is 0 Å². The summed E-state index contributed by atoms with van der Waals surface area (Å²) in [6.07, 6.45) is 2.66. The molecule has 1 atom stereocenters. The number of hydrogen-bond donors (Lipinski definition) is 1. The number of carbonyl (C=O) groups is 1. The minimum absolute atomic E-state index is 0.451. The molecule has 0 aliphatic heterocycles. The van der Waals surface area contributed by atoms with Gasteiger partial charge in [0.15, 0.2) is 0 Å². The fraction of sp³-hybridized carbons (Fsp3) is 0.588. The zero-order valence-corrected chi connectivity index (χ0v) is 12.9. The summed E-state index contributed by atoms with van der Waals surface area (Å²) in [6.45, 7) is 5.17. The summed E-state index contributed by atoms with van der Waals surface area (Å²) in [5.41, 5.74) is 2.04. The Labute approximate surface area is 126 Å². The Morgan fingerprint density at radius 2 is 2.05 bits per heavy atom. The van der Waals surface area contributed by atoms with Crippen LogP contribution in [0.2, 0.25) is 0 Å². The molecule has 0 radical (unpaired) electrons. The summed E-state index contributed by atoms with van der Waals surface area (Å²) >= 11 is 0. The molecule has 1 aliphatic carbocycles. The van der Waals surface area contributed by atoms with Crippen molar-refractivity contribution in [2.45, 2.75) is 32.2 Å². The molecular formula is C17H25NO3. The fourth-order valence-corrected chi connectivity index (χ4v) is 2.20. The molecule has 1 N–H and O–H groups in total. The van der Waals surface area contributed by atoms with E-state index in [2.05, 4.69) is 11.9 Å². The first-order valence-electron chi connectivity index (χ1n) is 7.64. The van der Waals surface area contributed by atoms with Crippen molar-refractivity contribution in [2.24, 2.45) is 5.92 Å². The maximum atomic E-state index is 10.9. The Hall–Kier alpha value is -1.39. The Balaban J connectivity index is 1.72. The molecule has 0 amide bonds. The first-order valence-corrected chi connectivity index (χ1v) is 7.64. The lowest BCUT2D eigenvalue weighted by Gasteiger charge is -2.17. The molecule has 0 heterocycles. The molecule has 1 aromatic rings. The van der Waals surface area contributed by atoms with Crippen LogP contribution in [-0.2, 0) is 16.1 Å². The Morgan fingerprint density at radius 3 is 2.62 bits per heavy atom. The molecule has 1 saturated carbocycles. The van der Waals surface area contributed by atoms with Gasteiger partial charge in [-0.1, -0.05) is 24.3 Å². The number of benzene rings is 1. The van der Waals surface area contributed by atoms with Crippen molar-refractivity contribution in [3.8, 4) is 0 Å². The van der Waals surface area contributed by atoms with Crippen molar-refractivity contribution in [1.29, 1.82) is 0 Å². The smallest absolute Gasteiger partial charge is 0.310 e. The van der Waals surface area contributed by atoms with Crippen molar-refractivity contribution in [3.63, 3.8) is 0 Å².